The second-order valence-electron chi connectivity index (χ2n) is 26.8. The molecule has 10 aromatic rings. The van der Waals surface area contributed by atoms with Crippen molar-refractivity contribution in [2.45, 2.75) is 39.1 Å². The SMILES string of the molecule is FP1(F)=NP(F)(F)=NP(F)(N(Cc2ccccc2)Cc2ccccc2)=N1.FP1(F)=NP(F)(F)=NP(F)(N2CCc3ccccc32)=N1.FP1(F)=NP(F)(F)=NP(F)(N2Cc3ccccc3C2)=N1.FP1(F)=NP(F)(F)=NP(F)(NCc2ccccc2)=N1.FP1(F)=NP(F)(F)=NP(F)(Nc2ccc3ccccc3c2)=N1.FP1(F)=NP(F)(F)=NP(F)(n2c3ccccc3c3ccccc32)=N1. The largest absolute Gasteiger partial charge is 0.424 e. The zero-order valence-electron chi connectivity index (χ0n) is 64.1. The van der Waals surface area contributed by atoms with E-state index in [2.05, 4.69) is 67.7 Å². The molecule has 0 spiro atoms. The number of halogens is 30. The molecule has 0 saturated carbocycles. The molecule has 2 N–H and O–H groups in total. The van der Waals surface area contributed by atoms with Gasteiger partial charge >= 0.3 is 140 Å². The summed E-state index contributed by atoms with van der Waals surface area (Å²) in [5.41, 5.74) is 4.60. The van der Waals surface area contributed by atoms with Crippen LogP contribution >= 0.6 is 140 Å². The predicted molar refractivity (Wildman–Crippen MR) is 473 cm³/mol. The zero-order valence-corrected chi connectivity index (χ0v) is 80.2. The van der Waals surface area contributed by atoms with E-state index in [-0.39, 0.29) is 56.0 Å². The van der Waals surface area contributed by atoms with Crippen molar-refractivity contribution >= 4 is 184 Å². The van der Waals surface area contributed by atoms with Crippen molar-refractivity contribution in [1.29, 1.82) is 0 Å². The average molecular weight is 2230 g/mol. The topological polar surface area (TPSA) is 261 Å². The van der Waals surface area contributed by atoms with Gasteiger partial charge in [0.2, 0.25) is 0 Å². The van der Waals surface area contributed by atoms with Crippen molar-refractivity contribution < 1.29 is 126 Å². The lowest BCUT2D eigenvalue weighted by molar-refractivity contribution is 0.417. The maximum Gasteiger partial charge on any atom is 0.424 e. The molecule has 8 aliphatic heterocycles. The molecule has 0 radical (unpaired) electrons. The molecule has 6 atom stereocenters. The Balaban J connectivity index is 0.000000134. The Kier molecular flexibility index (Phi) is 30.4. The summed E-state index contributed by atoms with van der Waals surface area (Å²) in [7, 11) is -97.5. The van der Waals surface area contributed by atoms with Crippen molar-refractivity contribution in [2.75, 3.05) is 16.3 Å². The third-order valence-electron chi connectivity index (χ3n) is 17.3. The fraction of sp³-hybridized carbons (Fsp3) is 0.119. The molecular weight excluding hydrogens is 2170 g/mol. The van der Waals surface area contributed by atoms with Crippen LogP contribution < -0.4 is 14.8 Å². The fourth-order valence-electron chi connectivity index (χ4n) is 12.6. The van der Waals surface area contributed by atoms with Crippen LogP contribution in [0.5, 0.6) is 0 Å². The number of aromatic nitrogens is 1. The van der Waals surface area contributed by atoms with E-state index in [1.807, 2.05) is 23.7 Å². The van der Waals surface area contributed by atoms with Gasteiger partial charge < -0.3 is 5.09 Å². The van der Waals surface area contributed by atoms with Gasteiger partial charge in [-0.05, 0) is 80.9 Å². The van der Waals surface area contributed by atoms with E-state index >= 15 is 8.39 Å². The zero-order chi connectivity index (χ0) is 95.4. The summed E-state index contributed by atoms with van der Waals surface area (Å²) in [5.74, 6) is 0. The second kappa shape index (κ2) is 38.7. The minimum absolute atomic E-state index is 0.0105. The average Bonchev–Trinajstić information content (AvgIpc) is 1.56. The van der Waals surface area contributed by atoms with Gasteiger partial charge in [0.05, 0.1) is 11.0 Å². The van der Waals surface area contributed by atoms with Gasteiger partial charge in [-0.3, -0.25) is 9.01 Å². The number of hydrogen-bond acceptors (Lipinski definition) is 23. The van der Waals surface area contributed by atoms with Gasteiger partial charge in [-0.2, -0.15) is 25.2 Å². The van der Waals surface area contributed by atoms with Crippen molar-refractivity contribution in [1.82, 2.24) is 18.8 Å². The quantitative estimate of drug-likeness (QED) is 0.0840. The Hall–Kier alpha value is -5.44. The van der Waals surface area contributed by atoms with Crippen molar-refractivity contribution in [3.63, 3.8) is 0 Å². The molecule has 72 heteroatoms. The third-order valence-corrected chi connectivity index (χ3v) is 54.1. The maximum absolute atomic E-state index is 15.4. The standard InChI is InChI=1S/C14H14F5N4P3.C12H8F5N4P3.C10H8F5N4P3.2C8H8F5N4P3.C7H8F5N4P3/c15-24(16)20-25(17,18)22-26(19,21-24)23(11-13-7-3-1-4-8-13)12-14-9-5-2-6-10-14;13-22(14)18-23(15,16)20-24(17,19-22)21-11-7-3-1-5-9(11)10-6-2-4-8-12(10)21;11-20(12)17-21(13,14)19-22(15,18-20)16-10-6-5-8-3-1-2-4-9(8)7-10;9-18(10)14-19(11,12)16-20(13,15-18)17-5-7-3-1-2-4-8(7)6-17;9-18(10)14-19(11,12)16-20(13,15-18)17-6-5-7-3-1-2-4-8(7)17;8-17(9)14-18(10,11)16-19(12,15-17)13-6-7-4-2-1-3-5-7/h1-10H,11-12H2;1-8H;1-7,16H;2*1-4H,5-6H2;1-5,13H,6H2. The van der Waals surface area contributed by atoms with Crippen LogP contribution in [0, 0.1) is 0 Å². The predicted octanol–water partition coefficient (Wildman–Crippen LogP) is 44.6. The Labute approximate surface area is 725 Å². The van der Waals surface area contributed by atoms with Crippen LogP contribution in [0.25, 0.3) is 32.6 Å². The van der Waals surface area contributed by atoms with Crippen molar-refractivity contribution in [3.05, 3.63) is 264 Å². The summed E-state index contributed by atoms with van der Waals surface area (Å²) in [4.78, 5) is 0. The van der Waals surface area contributed by atoms with E-state index in [9.17, 15) is 118 Å². The highest BCUT2D eigenvalue weighted by Crippen LogP contribution is 2.88. The first-order chi connectivity index (χ1) is 60.7. The second-order valence-corrected chi connectivity index (χ2v) is 59.3. The first kappa shape index (κ1) is 103. The minimum atomic E-state index is -5.77. The lowest BCUT2D eigenvalue weighted by atomic mass is 10.1. The molecule has 0 amide bonds. The highest BCUT2D eigenvalue weighted by atomic mass is 31.3. The number of hydrogen-bond donors (Lipinski definition) is 2. The van der Waals surface area contributed by atoms with Gasteiger partial charge in [0.25, 0.3) is 0 Å². The van der Waals surface area contributed by atoms with Gasteiger partial charge in [0, 0.05) is 61.4 Å². The van der Waals surface area contributed by atoms with Crippen LogP contribution in [0.2, 0.25) is 0 Å². The van der Waals surface area contributed by atoms with Gasteiger partial charge in [-0.15, -0.1) is 182 Å². The highest BCUT2D eigenvalue weighted by molar-refractivity contribution is 7.82. The summed E-state index contributed by atoms with van der Waals surface area (Å²) >= 11 is 0. The number of fused-ring (bicyclic) bond motifs is 6. The Morgan fingerprint density at radius 1 is 0.282 bits per heavy atom. The number of rotatable bonds is 13. The maximum atomic E-state index is 15.4. The molecule has 18 rings (SSSR count). The summed E-state index contributed by atoms with van der Waals surface area (Å²) in [6.45, 7) is -0.643. The number of anilines is 2. The summed E-state index contributed by atoms with van der Waals surface area (Å²) in [6, 6.07) is 62.6. The summed E-state index contributed by atoms with van der Waals surface area (Å²) in [6.07, 6.45) is 0.387. The van der Waals surface area contributed by atoms with Crippen LogP contribution in [0.15, 0.2) is 312 Å². The van der Waals surface area contributed by atoms with Gasteiger partial charge in [-0.1, -0.05) is 200 Å². The Bertz CT molecular complexity index is 7150. The first-order valence-corrected chi connectivity index (χ1v) is 62.6. The molecule has 24 nitrogen and oxygen atoms in total. The molecule has 131 heavy (non-hydrogen) atoms. The number of benzene rings is 9. The lowest BCUT2D eigenvalue weighted by Crippen LogP contribution is -2.17. The molecule has 6 unspecified atom stereocenters. The van der Waals surface area contributed by atoms with Crippen molar-refractivity contribution in [3.8, 4) is 0 Å². The van der Waals surface area contributed by atoms with Crippen molar-refractivity contribution in [2.24, 2.45) is 81.3 Å². The molecule has 9 heterocycles. The Morgan fingerprint density at radius 2 is 0.634 bits per heavy atom. The first-order valence-electron chi connectivity index (χ1n) is 35.6. The number of nitrogens with zero attached hydrogens (tertiary/aromatic N) is 22. The third kappa shape index (κ3) is 27.1. The summed E-state index contributed by atoms with van der Waals surface area (Å²) < 4.78 is 455. The van der Waals surface area contributed by atoms with E-state index in [0.29, 0.717) is 61.6 Å². The van der Waals surface area contributed by atoms with Crippen LogP contribution in [-0.4, -0.2) is 20.2 Å². The summed E-state index contributed by atoms with van der Waals surface area (Å²) in [5, 5.41) is 6.63. The van der Waals surface area contributed by atoms with Gasteiger partial charge in [-0.25, -0.2) is 14.4 Å². The molecule has 9 aromatic carbocycles. The number of nitrogens with one attached hydrogen (secondary N) is 2. The number of para-hydroxylation sites is 3. The smallest absolute Gasteiger partial charge is 0.310 e. The van der Waals surface area contributed by atoms with E-state index < -0.39 is 140 Å². The van der Waals surface area contributed by atoms with Gasteiger partial charge in [0.15, 0.2) is 0 Å². The van der Waals surface area contributed by atoms with E-state index in [1.54, 1.807) is 200 Å². The molecule has 8 aliphatic rings. The van der Waals surface area contributed by atoms with Crippen LogP contribution in [0.4, 0.5) is 137 Å². The molecule has 0 bridgehead atoms. The van der Waals surface area contributed by atoms with E-state index in [4.69, 9.17) is 0 Å². The van der Waals surface area contributed by atoms with E-state index in [1.165, 1.54) is 30.3 Å². The molecule has 0 saturated heterocycles. The van der Waals surface area contributed by atoms with Gasteiger partial charge in [0.1, 0.15) is 0 Å². The normalized spacial score (nSPS) is 26.9. The molecule has 0 aliphatic carbocycles. The van der Waals surface area contributed by atoms with Crippen LogP contribution in [0.1, 0.15) is 33.4 Å². The highest BCUT2D eigenvalue weighted by Gasteiger charge is 2.49. The Morgan fingerprint density at radius 3 is 1.11 bits per heavy atom. The monoisotopic (exact) mass is 2230 g/mol. The lowest BCUT2D eigenvalue weighted by Gasteiger charge is -2.29. The molecule has 710 valence electrons. The fourth-order valence-corrected chi connectivity index (χ4v) is 48.5. The van der Waals surface area contributed by atoms with E-state index in [0.717, 1.165) is 23.7 Å². The molecule has 0 fully saturated rings. The molecule has 1 aromatic heterocycles. The molecular formula is C59H54F30N24P18. The van der Waals surface area contributed by atoms with Crippen LogP contribution in [-0.2, 0) is 39.1 Å². The van der Waals surface area contributed by atoms with Crippen LogP contribution in [0.3, 0.4) is 0 Å². The minimum Gasteiger partial charge on any atom is -0.310 e.